The molecule has 3 rings (SSSR count). The number of fused-ring (bicyclic) bond motifs is 1. The largest absolute Gasteiger partial charge is 0.321 e. The molecule has 1 aliphatic rings. The van der Waals surface area contributed by atoms with Crippen LogP contribution in [0.3, 0.4) is 0 Å². The maximum atomic E-state index is 14.1. The molecule has 0 radical (unpaired) electrons. The lowest BCUT2D eigenvalue weighted by atomic mass is 9.74. The van der Waals surface area contributed by atoms with Crippen LogP contribution in [0.15, 0.2) is 42.5 Å². The highest BCUT2D eigenvalue weighted by molar-refractivity contribution is 5.38. The molecule has 0 saturated heterocycles. The maximum absolute atomic E-state index is 14.1. The van der Waals surface area contributed by atoms with Gasteiger partial charge in [-0.05, 0) is 43.4 Å². The Balaban J connectivity index is 2.04. The van der Waals surface area contributed by atoms with Crippen molar-refractivity contribution in [3.8, 4) is 0 Å². The van der Waals surface area contributed by atoms with Gasteiger partial charge in [0, 0.05) is 11.1 Å². The monoisotopic (exact) mass is 255 g/mol. The van der Waals surface area contributed by atoms with E-state index >= 15 is 0 Å². The smallest absolute Gasteiger partial charge is 0.128 e. The zero-order valence-corrected chi connectivity index (χ0v) is 11.1. The molecule has 1 unspecified atom stereocenters. The summed E-state index contributed by atoms with van der Waals surface area (Å²) in [6.45, 7) is 1.98. The van der Waals surface area contributed by atoms with E-state index in [1.54, 1.807) is 6.07 Å². The average molecular weight is 255 g/mol. The summed E-state index contributed by atoms with van der Waals surface area (Å²) in [5.74, 6) is -0.188. The van der Waals surface area contributed by atoms with E-state index in [-0.39, 0.29) is 5.82 Å². The Kier molecular flexibility index (Phi) is 2.90. The van der Waals surface area contributed by atoms with Crippen LogP contribution in [0.2, 0.25) is 0 Å². The molecule has 0 bridgehead atoms. The number of nitrogens with two attached hydrogens (primary N) is 1. The Bertz CT molecular complexity index is 620. The molecule has 19 heavy (non-hydrogen) atoms. The van der Waals surface area contributed by atoms with Crippen LogP contribution in [0, 0.1) is 12.7 Å². The van der Waals surface area contributed by atoms with Crippen molar-refractivity contribution in [1.82, 2.24) is 0 Å². The topological polar surface area (TPSA) is 26.0 Å². The van der Waals surface area contributed by atoms with E-state index in [1.807, 2.05) is 19.1 Å². The zero-order chi connectivity index (χ0) is 13.5. The molecule has 2 aromatic rings. The fourth-order valence-corrected chi connectivity index (χ4v) is 3.01. The summed E-state index contributed by atoms with van der Waals surface area (Å²) in [7, 11) is 0. The van der Waals surface area contributed by atoms with E-state index in [2.05, 4.69) is 18.2 Å². The van der Waals surface area contributed by atoms with Crippen molar-refractivity contribution in [2.75, 3.05) is 0 Å². The normalized spacial score (nSPS) is 22.1. The first-order chi connectivity index (χ1) is 9.08. The van der Waals surface area contributed by atoms with Crippen molar-refractivity contribution in [2.45, 2.75) is 31.7 Å². The Morgan fingerprint density at radius 1 is 1.11 bits per heavy atom. The minimum absolute atomic E-state index is 0.188. The fraction of sp³-hybridized carbons (Fsp3) is 0.294. The third kappa shape index (κ3) is 2.17. The second-order valence-electron chi connectivity index (χ2n) is 5.58. The third-order valence-corrected chi connectivity index (χ3v) is 4.12. The molecular weight excluding hydrogens is 237 g/mol. The lowest BCUT2D eigenvalue weighted by molar-refractivity contribution is 0.368. The molecule has 1 aliphatic carbocycles. The second-order valence-corrected chi connectivity index (χ2v) is 5.58. The second kappa shape index (κ2) is 4.46. The van der Waals surface area contributed by atoms with Crippen LogP contribution in [0.25, 0.3) is 0 Å². The number of hydrogen-bond donors (Lipinski definition) is 1. The minimum atomic E-state index is -0.579. The van der Waals surface area contributed by atoms with Crippen molar-refractivity contribution < 1.29 is 4.39 Å². The first-order valence-corrected chi connectivity index (χ1v) is 6.71. The number of benzene rings is 2. The lowest BCUT2D eigenvalue weighted by Gasteiger charge is -2.35. The van der Waals surface area contributed by atoms with Gasteiger partial charge in [0.2, 0.25) is 0 Å². The van der Waals surface area contributed by atoms with E-state index in [1.165, 1.54) is 17.2 Å². The molecule has 0 aliphatic heterocycles. The SMILES string of the molecule is Cc1ccc(F)c(C2(N)CCc3ccccc3C2)c1. The molecule has 2 heteroatoms. The molecule has 1 nitrogen and oxygen atoms in total. The van der Waals surface area contributed by atoms with Crippen molar-refractivity contribution >= 4 is 0 Å². The van der Waals surface area contributed by atoms with Crippen LogP contribution in [0.1, 0.15) is 28.7 Å². The zero-order valence-electron chi connectivity index (χ0n) is 11.1. The van der Waals surface area contributed by atoms with Crippen LogP contribution >= 0.6 is 0 Å². The first kappa shape index (κ1) is 12.4. The molecule has 98 valence electrons. The predicted octanol–water partition coefficient (Wildman–Crippen LogP) is 3.48. The standard InChI is InChI=1S/C17H18FN/c1-12-6-7-16(18)15(10-12)17(19)9-8-13-4-2-3-5-14(13)11-17/h2-7,10H,8-9,11,19H2,1H3. The maximum Gasteiger partial charge on any atom is 0.128 e. The average Bonchev–Trinajstić information content (AvgIpc) is 2.41. The molecule has 0 amide bonds. The Morgan fingerprint density at radius 3 is 2.63 bits per heavy atom. The number of hydrogen-bond acceptors (Lipinski definition) is 1. The number of aryl methyl sites for hydroxylation is 2. The molecule has 0 fully saturated rings. The van der Waals surface area contributed by atoms with Crippen LogP contribution in [-0.2, 0) is 18.4 Å². The third-order valence-electron chi connectivity index (χ3n) is 4.12. The predicted molar refractivity (Wildman–Crippen MR) is 75.5 cm³/mol. The lowest BCUT2D eigenvalue weighted by Crippen LogP contribution is -2.43. The summed E-state index contributed by atoms with van der Waals surface area (Å²) in [5, 5.41) is 0. The van der Waals surface area contributed by atoms with E-state index < -0.39 is 5.54 Å². The van der Waals surface area contributed by atoms with Gasteiger partial charge in [0.1, 0.15) is 5.82 Å². The van der Waals surface area contributed by atoms with Crippen LogP contribution in [0.5, 0.6) is 0 Å². The molecule has 0 saturated carbocycles. The molecule has 2 N–H and O–H groups in total. The van der Waals surface area contributed by atoms with Gasteiger partial charge in [-0.2, -0.15) is 0 Å². The molecule has 2 aromatic carbocycles. The summed E-state index contributed by atoms with van der Waals surface area (Å²) in [6.07, 6.45) is 2.42. The van der Waals surface area contributed by atoms with Gasteiger partial charge in [-0.25, -0.2) is 4.39 Å². The Labute approximate surface area is 113 Å². The van der Waals surface area contributed by atoms with E-state index in [9.17, 15) is 4.39 Å². The molecular formula is C17H18FN. The minimum Gasteiger partial charge on any atom is -0.321 e. The van der Waals surface area contributed by atoms with Crippen LogP contribution in [-0.4, -0.2) is 0 Å². The summed E-state index contributed by atoms with van der Waals surface area (Å²) in [4.78, 5) is 0. The van der Waals surface area contributed by atoms with Gasteiger partial charge >= 0.3 is 0 Å². The van der Waals surface area contributed by atoms with Gasteiger partial charge in [-0.1, -0.05) is 42.0 Å². The Hall–Kier alpha value is -1.67. The van der Waals surface area contributed by atoms with Gasteiger partial charge in [0.15, 0.2) is 0 Å². The van der Waals surface area contributed by atoms with Crippen LogP contribution in [0.4, 0.5) is 4.39 Å². The highest BCUT2D eigenvalue weighted by atomic mass is 19.1. The first-order valence-electron chi connectivity index (χ1n) is 6.71. The van der Waals surface area contributed by atoms with Crippen molar-refractivity contribution in [3.63, 3.8) is 0 Å². The van der Waals surface area contributed by atoms with Crippen molar-refractivity contribution in [2.24, 2.45) is 5.73 Å². The highest BCUT2D eigenvalue weighted by Gasteiger charge is 2.34. The van der Waals surface area contributed by atoms with Gasteiger partial charge in [-0.3, -0.25) is 0 Å². The number of halogens is 1. The molecule has 1 atom stereocenters. The quantitative estimate of drug-likeness (QED) is 0.829. The van der Waals surface area contributed by atoms with E-state index in [4.69, 9.17) is 5.73 Å². The highest BCUT2D eigenvalue weighted by Crippen LogP contribution is 2.35. The van der Waals surface area contributed by atoms with Gasteiger partial charge in [0.25, 0.3) is 0 Å². The summed E-state index contributed by atoms with van der Waals surface area (Å²) >= 11 is 0. The van der Waals surface area contributed by atoms with Crippen LogP contribution < -0.4 is 5.73 Å². The van der Waals surface area contributed by atoms with E-state index in [0.717, 1.165) is 18.4 Å². The van der Waals surface area contributed by atoms with Gasteiger partial charge < -0.3 is 5.73 Å². The summed E-state index contributed by atoms with van der Waals surface area (Å²) in [6, 6.07) is 13.5. The van der Waals surface area contributed by atoms with Crippen molar-refractivity contribution in [3.05, 3.63) is 70.5 Å². The number of rotatable bonds is 1. The Morgan fingerprint density at radius 2 is 1.84 bits per heavy atom. The summed E-state index contributed by atoms with van der Waals surface area (Å²) in [5.41, 5.74) is 10.2. The molecule has 0 spiro atoms. The van der Waals surface area contributed by atoms with E-state index in [0.29, 0.717) is 12.0 Å². The van der Waals surface area contributed by atoms with Crippen molar-refractivity contribution in [1.29, 1.82) is 0 Å². The molecule has 0 heterocycles. The van der Waals surface area contributed by atoms with Gasteiger partial charge in [-0.15, -0.1) is 0 Å². The van der Waals surface area contributed by atoms with Gasteiger partial charge in [0.05, 0.1) is 0 Å². The molecule has 0 aromatic heterocycles. The fourth-order valence-electron chi connectivity index (χ4n) is 3.01. The summed E-state index contributed by atoms with van der Waals surface area (Å²) < 4.78 is 14.1.